The molecular formula is C22H25N3O2. The maximum absolute atomic E-state index is 6.26. The fourth-order valence-electron chi connectivity index (χ4n) is 3.53. The van der Waals surface area contributed by atoms with Crippen molar-refractivity contribution in [2.45, 2.75) is 13.3 Å². The first-order valence-corrected chi connectivity index (χ1v) is 9.47. The fourth-order valence-corrected chi connectivity index (χ4v) is 3.53. The summed E-state index contributed by atoms with van der Waals surface area (Å²) in [6.07, 6.45) is 0.701. The fraction of sp³-hybridized carbons (Fsp3) is 0.318. The largest absolute Gasteiger partial charge is 0.494 e. The van der Waals surface area contributed by atoms with Gasteiger partial charge in [0.25, 0.3) is 0 Å². The van der Waals surface area contributed by atoms with E-state index in [1.54, 1.807) is 0 Å². The van der Waals surface area contributed by atoms with Crippen molar-refractivity contribution in [1.82, 2.24) is 4.98 Å². The molecule has 3 aromatic rings. The number of pyridine rings is 1. The van der Waals surface area contributed by atoms with Crippen molar-refractivity contribution in [2.24, 2.45) is 0 Å². The molecule has 0 aliphatic carbocycles. The van der Waals surface area contributed by atoms with Gasteiger partial charge in [-0.25, -0.2) is 4.98 Å². The number of hydrogen-bond donors (Lipinski definition) is 1. The van der Waals surface area contributed by atoms with Crippen LogP contribution in [-0.4, -0.2) is 37.9 Å². The lowest BCUT2D eigenvalue weighted by atomic mass is 10.0. The topological polar surface area (TPSA) is 60.6 Å². The number of rotatable bonds is 5. The van der Waals surface area contributed by atoms with E-state index in [1.165, 1.54) is 5.69 Å². The van der Waals surface area contributed by atoms with Crippen molar-refractivity contribution < 1.29 is 9.47 Å². The Kier molecular flexibility index (Phi) is 5.12. The number of morpholine rings is 1. The van der Waals surface area contributed by atoms with Crippen LogP contribution < -0.4 is 15.4 Å². The molecule has 0 bridgehead atoms. The van der Waals surface area contributed by atoms with Crippen LogP contribution in [0, 0.1) is 0 Å². The highest BCUT2D eigenvalue weighted by Crippen LogP contribution is 2.28. The van der Waals surface area contributed by atoms with Crippen LogP contribution in [0.25, 0.3) is 10.9 Å². The van der Waals surface area contributed by atoms with Gasteiger partial charge in [-0.15, -0.1) is 0 Å². The van der Waals surface area contributed by atoms with Gasteiger partial charge in [-0.1, -0.05) is 18.2 Å². The SMILES string of the molecule is CCOc1ccccc1Cc1cc2cc(N3CCOCC3)ccc2nc1N. The van der Waals surface area contributed by atoms with E-state index in [2.05, 4.69) is 40.2 Å². The zero-order valence-electron chi connectivity index (χ0n) is 15.6. The summed E-state index contributed by atoms with van der Waals surface area (Å²) in [5, 5.41) is 1.11. The maximum atomic E-state index is 6.26. The van der Waals surface area contributed by atoms with Crippen molar-refractivity contribution in [3.8, 4) is 5.75 Å². The van der Waals surface area contributed by atoms with E-state index in [0.29, 0.717) is 18.8 Å². The summed E-state index contributed by atoms with van der Waals surface area (Å²) < 4.78 is 11.2. The normalized spacial score (nSPS) is 14.5. The van der Waals surface area contributed by atoms with Crippen LogP contribution >= 0.6 is 0 Å². The third-order valence-corrected chi connectivity index (χ3v) is 4.94. The average molecular weight is 363 g/mol. The van der Waals surface area contributed by atoms with E-state index in [1.807, 2.05) is 25.1 Å². The predicted octanol–water partition coefficient (Wildman–Crippen LogP) is 3.64. The highest BCUT2D eigenvalue weighted by atomic mass is 16.5. The molecule has 0 amide bonds. The highest BCUT2D eigenvalue weighted by molar-refractivity contribution is 5.85. The van der Waals surface area contributed by atoms with Crippen LogP contribution in [0.1, 0.15) is 18.1 Å². The van der Waals surface area contributed by atoms with Gasteiger partial charge in [-0.05, 0) is 48.4 Å². The molecule has 5 nitrogen and oxygen atoms in total. The van der Waals surface area contributed by atoms with Gasteiger partial charge in [0.15, 0.2) is 0 Å². The van der Waals surface area contributed by atoms with Crippen LogP contribution in [0.3, 0.4) is 0 Å². The molecule has 1 aliphatic heterocycles. The van der Waals surface area contributed by atoms with Crippen molar-refractivity contribution in [1.29, 1.82) is 0 Å². The van der Waals surface area contributed by atoms with Gasteiger partial charge in [-0.3, -0.25) is 0 Å². The van der Waals surface area contributed by atoms with Gasteiger partial charge >= 0.3 is 0 Å². The molecule has 0 unspecified atom stereocenters. The Labute approximate surface area is 159 Å². The lowest BCUT2D eigenvalue weighted by Crippen LogP contribution is -2.36. The predicted molar refractivity (Wildman–Crippen MR) is 110 cm³/mol. The smallest absolute Gasteiger partial charge is 0.127 e. The lowest BCUT2D eigenvalue weighted by Gasteiger charge is -2.29. The Bertz CT molecular complexity index is 936. The monoisotopic (exact) mass is 363 g/mol. The molecule has 27 heavy (non-hydrogen) atoms. The van der Waals surface area contributed by atoms with Crippen molar-refractivity contribution in [3.63, 3.8) is 0 Å². The summed E-state index contributed by atoms with van der Waals surface area (Å²) >= 11 is 0. The second-order valence-corrected chi connectivity index (χ2v) is 6.73. The first kappa shape index (κ1) is 17.6. The second kappa shape index (κ2) is 7.84. The minimum atomic E-state index is 0.577. The number of hydrogen-bond acceptors (Lipinski definition) is 5. The Hall–Kier alpha value is -2.79. The number of ether oxygens (including phenoxy) is 2. The molecule has 1 fully saturated rings. The summed E-state index contributed by atoms with van der Waals surface area (Å²) in [7, 11) is 0. The molecule has 2 N–H and O–H groups in total. The van der Waals surface area contributed by atoms with Crippen molar-refractivity contribution in [2.75, 3.05) is 43.5 Å². The molecule has 0 saturated carbocycles. The zero-order chi connectivity index (χ0) is 18.6. The van der Waals surface area contributed by atoms with Gasteiger partial charge in [0, 0.05) is 30.6 Å². The molecule has 1 aromatic heterocycles. The van der Waals surface area contributed by atoms with Crippen LogP contribution in [-0.2, 0) is 11.2 Å². The summed E-state index contributed by atoms with van der Waals surface area (Å²) in [6.45, 7) is 6.03. The van der Waals surface area contributed by atoms with Gasteiger partial charge in [0.1, 0.15) is 11.6 Å². The Balaban J connectivity index is 1.67. The molecule has 140 valence electrons. The standard InChI is InChI=1S/C22H25N3O2/c1-2-27-21-6-4-3-5-16(21)13-18-14-17-15-19(25-9-11-26-12-10-25)7-8-20(17)24-22(18)23/h3-8,14-15H,2,9-13H2,1H3,(H2,23,24). The lowest BCUT2D eigenvalue weighted by molar-refractivity contribution is 0.122. The van der Waals surface area contributed by atoms with E-state index in [-0.39, 0.29) is 0 Å². The number of fused-ring (bicyclic) bond motifs is 1. The summed E-state index contributed by atoms with van der Waals surface area (Å²) in [4.78, 5) is 6.98. The molecule has 2 heterocycles. The quantitative estimate of drug-likeness (QED) is 0.750. The van der Waals surface area contributed by atoms with Crippen LogP contribution in [0.5, 0.6) is 5.75 Å². The molecule has 1 aliphatic rings. The number of anilines is 2. The van der Waals surface area contributed by atoms with E-state index >= 15 is 0 Å². The van der Waals surface area contributed by atoms with Crippen molar-refractivity contribution >= 4 is 22.4 Å². The third-order valence-electron chi connectivity index (χ3n) is 4.94. The molecule has 2 aromatic carbocycles. The first-order valence-electron chi connectivity index (χ1n) is 9.47. The minimum absolute atomic E-state index is 0.577. The molecular weight excluding hydrogens is 338 g/mol. The summed E-state index contributed by atoms with van der Waals surface area (Å²) in [6, 6.07) is 16.6. The van der Waals surface area contributed by atoms with Gasteiger partial charge in [0.05, 0.1) is 25.3 Å². The highest BCUT2D eigenvalue weighted by Gasteiger charge is 2.13. The van der Waals surface area contributed by atoms with Gasteiger partial charge in [-0.2, -0.15) is 0 Å². The van der Waals surface area contributed by atoms with Crippen LogP contribution in [0.2, 0.25) is 0 Å². The van der Waals surface area contributed by atoms with Crippen molar-refractivity contribution in [3.05, 3.63) is 59.7 Å². The second-order valence-electron chi connectivity index (χ2n) is 6.73. The Morgan fingerprint density at radius 2 is 1.89 bits per heavy atom. The number of nitrogen functional groups attached to an aromatic ring is 1. The van der Waals surface area contributed by atoms with E-state index in [4.69, 9.17) is 15.2 Å². The minimum Gasteiger partial charge on any atom is -0.494 e. The number of nitrogens with zero attached hydrogens (tertiary/aromatic N) is 2. The van der Waals surface area contributed by atoms with Crippen LogP contribution in [0.4, 0.5) is 11.5 Å². The molecule has 0 radical (unpaired) electrons. The number of aromatic nitrogens is 1. The van der Waals surface area contributed by atoms with E-state index in [0.717, 1.165) is 54.1 Å². The molecule has 1 saturated heterocycles. The third kappa shape index (κ3) is 3.83. The number of nitrogens with two attached hydrogens (primary N) is 1. The van der Waals surface area contributed by atoms with Gasteiger partial charge < -0.3 is 20.1 Å². The number of benzene rings is 2. The summed E-state index contributed by atoms with van der Waals surface area (Å²) in [5.41, 5.74) is 10.5. The van der Waals surface area contributed by atoms with E-state index < -0.39 is 0 Å². The Morgan fingerprint density at radius 1 is 1.07 bits per heavy atom. The zero-order valence-corrected chi connectivity index (χ0v) is 15.6. The molecule has 4 rings (SSSR count). The van der Waals surface area contributed by atoms with Gasteiger partial charge in [0.2, 0.25) is 0 Å². The van der Waals surface area contributed by atoms with E-state index in [9.17, 15) is 0 Å². The average Bonchev–Trinajstić information content (AvgIpc) is 2.70. The summed E-state index contributed by atoms with van der Waals surface area (Å²) in [5.74, 6) is 1.48. The number of para-hydroxylation sites is 1. The molecule has 0 spiro atoms. The molecule has 0 atom stereocenters. The maximum Gasteiger partial charge on any atom is 0.127 e. The van der Waals surface area contributed by atoms with Crippen LogP contribution in [0.15, 0.2) is 48.5 Å². The Morgan fingerprint density at radius 3 is 2.70 bits per heavy atom. The molecule has 5 heteroatoms. The first-order chi connectivity index (χ1) is 13.2.